The molecule has 0 saturated heterocycles. The van der Waals surface area contributed by atoms with Gasteiger partial charge in [0.1, 0.15) is 5.75 Å². The molecule has 0 fully saturated rings. The first-order valence-corrected chi connectivity index (χ1v) is 8.84. The van der Waals surface area contributed by atoms with Gasteiger partial charge in [0.25, 0.3) is 5.91 Å². The lowest BCUT2D eigenvalue weighted by Crippen LogP contribution is -2.46. The average Bonchev–Trinajstić information content (AvgIpc) is 2.65. The lowest BCUT2D eigenvalue weighted by atomic mass is 9.85. The van der Waals surface area contributed by atoms with Crippen molar-refractivity contribution >= 4 is 11.8 Å². The predicted molar refractivity (Wildman–Crippen MR) is 102 cm³/mol. The van der Waals surface area contributed by atoms with Crippen molar-refractivity contribution in [1.29, 1.82) is 0 Å². The Balaban J connectivity index is 1.89. The van der Waals surface area contributed by atoms with Gasteiger partial charge in [0, 0.05) is 0 Å². The third-order valence-electron chi connectivity index (χ3n) is 4.34. The number of nitrogens with one attached hydrogen (secondary N) is 2. The zero-order valence-electron chi connectivity index (χ0n) is 15.5. The molecule has 2 N–H and O–H groups in total. The summed E-state index contributed by atoms with van der Waals surface area (Å²) in [6.07, 6.45) is 0.859. The number of aryl methyl sites for hydroxylation is 1. The summed E-state index contributed by atoms with van der Waals surface area (Å²) in [5.74, 6) is -0.185. The van der Waals surface area contributed by atoms with Crippen LogP contribution in [0, 0.1) is 12.8 Å². The van der Waals surface area contributed by atoms with Gasteiger partial charge in [-0.15, -0.1) is 0 Å². The minimum Gasteiger partial charge on any atom is -0.484 e. The van der Waals surface area contributed by atoms with Crippen molar-refractivity contribution in [3.63, 3.8) is 0 Å². The van der Waals surface area contributed by atoms with Crippen molar-refractivity contribution in [3.8, 4) is 5.75 Å². The van der Waals surface area contributed by atoms with Gasteiger partial charge in [0.05, 0.1) is 5.92 Å². The molecule has 0 aliphatic heterocycles. The summed E-state index contributed by atoms with van der Waals surface area (Å²) < 4.78 is 5.43. The summed E-state index contributed by atoms with van der Waals surface area (Å²) in [5.41, 5.74) is 6.94. The second kappa shape index (κ2) is 9.61. The van der Waals surface area contributed by atoms with Crippen molar-refractivity contribution in [1.82, 2.24) is 10.9 Å². The first kappa shape index (κ1) is 19.5. The molecule has 0 aliphatic rings. The first-order chi connectivity index (χ1) is 12.5. The third-order valence-corrected chi connectivity index (χ3v) is 4.34. The largest absolute Gasteiger partial charge is 0.484 e. The van der Waals surface area contributed by atoms with Crippen molar-refractivity contribution < 1.29 is 14.3 Å². The van der Waals surface area contributed by atoms with E-state index in [1.165, 1.54) is 0 Å². The molecule has 2 atom stereocenters. The van der Waals surface area contributed by atoms with Gasteiger partial charge in [-0.3, -0.25) is 20.4 Å². The standard InChI is InChI=1S/C21H26N2O3/c1-4-16(3)20(17-10-6-5-7-11-17)21(25)23-22-19(24)14-26-18-12-8-9-15(2)13-18/h5-13,16,20H,4,14H2,1-3H3,(H,22,24)(H,23,25). The molecule has 26 heavy (non-hydrogen) atoms. The average molecular weight is 354 g/mol. The van der Waals surface area contributed by atoms with Crippen LogP contribution in [0.3, 0.4) is 0 Å². The van der Waals surface area contributed by atoms with E-state index in [0.717, 1.165) is 17.5 Å². The van der Waals surface area contributed by atoms with Gasteiger partial charge in [-0.25, -0.2) is 0 Å². The van der Waals surface area contributed by atoms with E-state index >= 15 is 0 Å². The van der Waals surface area contributed by atoms with E-state index in [-0.39, 0.29) is 24.3 Å². The predicted octanol–water partition coefficient (Wildman–Crippen LogP) is 3.35. The Morgan fingerprint density at radius 3 is 2.42 bits per heavy atom. The molecule has 5 heteroatoms. The first-order valence-electron chi connectivity index (χ1n) is 8.84. The van der Waals surface area contributed by atoms with E-state index in [1.54, 1.807) is 6.07 Å². The fourth-order valence-corrected chi connectivity index (χ4v) is 2.73. The van der Waals surface area contributed by atoms with Crippen LogP contribution >= 0.6 is 0 Å². The van der Waals surface area contributed by atoms with Crippen LogP contribution in [0.5, 0.6) is 5.75 Å². The zero-order chi connectivity index (χ0) is 18.9. The topological polar surface area (TPSA) is 67.4 Å². The molecule has 0 bridgehead atoms. The summed E-state index contributed by atoms with van der Waals surface area (Å²) >= 11 is 0. The van der Waals surface area contributed by atoms with Crippen molar-refractivity contribution in [2.75, 3.05) is 6.61 Å². The van der Waals surface area contributed by atoms with E-state index in [9.17, 15) is 9.59 Å². The van der Waals surface area contributed by atoms with Crippen LogP contribution < -0.4 is 15.6 Å². The zero-order valence-corrected chi connectivity index (χ0v) is 15.5. The molecule has 2 unspecified atom stereocenters. The second-order valence-corrected chi connectivity index (χ2v) is 6.42. The summed E-state index contributed by atoms with van der Waals surface area (Å²) in [6.45, 7) is 5.86. The van der Waals surface area contributed by atoms with Gasteiger partial charge in [-0.05, 0) is 36.1 Å². The van der Waals surface area contributed by atoms with Crippen molar-refractivity contribution in [2.45, 2.75) is 33.1 Å². The maximum atomic E-state index is 12.6. The number of carbonyl (C=O) groups is 2. The quantitative estimate of drug-likeness (QED) is 0.749. The number of hydrogen-bond acceptors (Lipinski definition) is 3. The van der Waals surface area contributed by atoms with Crippen LogP contribution in [-0.4, -0.2) is 18.4 Å². The van der Waals surface area contributed by atoms with E-state index in [0.29, 0.717) is 5.75 Å². The smallest absolute Gasteiger partial charge is 0.276 e. The van der Waals surface area contributed by atoms with Gasteiger partial charge < -0.3 is 4.74 Å². The third kappa shape index (κ3) is 5.62. The molecule has 5 nitrogen and oxygen atoms in total. The Hall–Kier alpha value is -2.82. The molecule has 138 valence electrons. The summed E-state index contributed by atoms with van der Waals surface area (Å²) in [7, 11) is 0. The summed E-state index contributed by atoms with van der Waals surface area (Å²) in [6, 6.07) is 17.0. The van der Waals surface area contributed by atoms with Gasteiger partial charge >= 0.3 is 0 Å². The minimum absolute atomic E-state index is 0.151. The molecule has 0 aliphatic carbocycles. The number of benzene rings is 2. The summed E-state index contributed by atoms with van der Waals surface area (Å²) in [4.78, 5) is 24.6. The van der Waals surface area contributed by atoms with Crippen LogP contribution in [0.4, 0.5) is 0 Å². The van der Waals surface area contributed by atoms with E-state index < -0.39 is 5.91 Å². The Morgan fingerprint density at radius 2 is 1.77 bits per heavy atom. The molecular weight excluding hydrogens is 328 g/mol. The van der Waals surface area contributed by atoms with Crippen LogP contribution in [0.25, 0.3) is 0 Å². The molecule has 0 radical (unpaired) electrons. The molecule has 0 heterocycles. The molecule has 2 amide bonds. The van der Waals surface area contributed by atoms with Gasteiger partial charge in [0.2, 0.25) is 5.91 Å². The number of hydrazine groups is 1. The van der Waals surface area contributed by atoms with Crippen LogP contribution in [0.1, 0.15) is 37.3 Å². The van der Waals surface area contributed by atoms with Gasteiger partial charge in [-0.1, -0.05) is 62.7 Å². The Morgan fingerprint density at radius 1 is 1.04 bits per heavy atom. The molecule has 0 aromatic heterocycles. The lowest BCUT2D eigenvalue weighted by molar-refractivity contribution is -0.131. The van der Waals surface area contributed by atoms with Crippen LogP contribution in [0.2, 0.25) is 0 Å². The lowest BCUT2D eigenvalue weighted by Gasteiger charge is -2.22. The van der Waals surface area contributed by atoms with E-state index in [2.05, 4.69) is 10.9 Å². The van der Waals surface area contributed by atoms with Gasteiger partial charge in [-0.2, -0.15) is 0 Å². The number of carbonyl (C=O) groups excluding carboxylic acids is 2. The second-order valence-electron chi connectivity index (χ2n) is 6.42. The maximum Gasteiger partial charge on any atom is 0.276 e. The highest BCUT2D eigenvalue weighted by molar-refractivity contribution is 5.87. The van der Waals surface area contributed by atoms with Crippen molar-refractivity contribution in [3.05, 3.63) is 65.7 Å². The van der Waals surface area contributed by atoms with Crippen LogP contribution in [0.15, 0.2) is 54.6 Å². The molecule has 0 saturated carbocycles. The molecule has 2 aromatic rings. The fraction of sp³-hybridized carbons (Fsp3) is 0.333. The Kier molecular flexibility index (Phi) is 7.21. The van der Waals surface area contributed by atoms with Gasteiger partial charge in [0.15, 0.2) is 6.61 Å². The maximum absolute atomic E-state index is 12.6. The Bertz CT molecular complexity index is 731. The normalized spacial score (nSPS) is 12.7. The van der Waals surface area contributed by atoms with E-state index in [4.69, 9.17) is 4.74 Å². The number of amides is 2. The molecule has 2 aromatic carbocycles. The number of hydrogen-bond donors (Lipinski definition) is 2. The van der Waals surface area contributed by atoms with Crippen LogP contribution in [-0.2, 0) is 9.59 Å². The highest BCUT2D eigenvalue weighted by Crippen LogP contribution is 2.26. The monoisotopic (exact) mass is 354 g/mol. The van der Waals surface area contributed by atoms with E-state index in [1.807, 2.05) is 69.3 Å². The molecular formula is C21H26N2O3. The molecule has 0 spiro atoms. The fourth-order valence-electron chi connectivity index (χ4n) is 2.73. The summed E-state index contributed by atoms with van der Waals surface area (Å²) in [5, 5.41) is 0. The number of rotatable bonds is 7. The highest BCUT2D eigenvalue weighted by atomic mass is 16.5. The molecule has 2 rings (SSSR count). The Labute approximate surface area is 154 Å². The minimum atomic E-state index is -0.407. The van der Waals surface area contributed by atoms with Crippen molar-refractivity contribution in [2.24, 2.45) is 5.92 Å². The highest BCUT2D eigenvalue weighted by Gasteiger charge is 2.26. The SMILES string of the molecule is CCC(C)C(C(=O)NNC(=O)COc1cccc(C)c1)c1ccccc1. The number of ether oxygens (including phenoxy) is 1.